The van der Waals surface area contributed by atoms with Gasteiger partial charge in [0.15, 0.2) is 0 Å². The van der Waals surface area contributed by atoms with Crippen LogP contribution in [0.15, 0.2) is 40.9 Å². The number of hydrogen-bond acceptors (Lipinski definition) is 3. The first-order valence-electron chi connectivity index (χ1n) is 5.55. The number of carboxylic acids is 1. The first-order valence-corrected chi connectivity index (χ1v) is 7.10. The van der Waals surface area contributed by atoms with Gasteiger partial charge in [-0.3, -0.25) is 0 Å². The number of carboxylic acid groups (broad SMARTS) is 1. The van der Waals surface area contributed by atoms with Crippen molar-refractivity contribution in [1.82, 2.24) is 0 Å². The quantitative estimate of drug-likeness (QED) is 0.819. The Morgan fingerprint density at radius 2 is 1.95 bits per heavy atom. The molecule has 0 bridgehead atoms. The van der Waals surface area contributed by atoms with E-state index in [1.54, 1.807) is 24.3 Å². The number of ether oxygens (including phenoxy) is 1. The van der Waals surface area contributed by atoms with E-state index < -0.39 is 5.97 Å². The zero-order chi connectivity index (χ0) is 14.7. The van der Waals surface area contributed by atoms with E-state index in [2.05, 4.69) is 15.9 Å². The van der Waals surface area contributed by atoms with Crippen LogP contribution in [0.25, 0.3) is 0 Å². The smallest absolute Gasteiger partial charge is 0.134 e. The Bertz CT molecular complexity index is 659. The molecule has 0 fully saturated rings. The minimum absolute atomic E-state index is 0.0775. The van der Waals surface area contributed by atoms with Crippen molar-refractivity contribution < 1.29 is 14.6 Å². The van der Waals surface area contributed by atoms with Crippen LogP contribution in [0, 0.1) is 0 Å². The Morgan fingerprint density at radius 3 is 2.55 bits per heavy atom. The first-order chi connectivity index (χ1) is 9.47. The molecule has 104 valence electrons. The molecule has 0 atom stereocenters. The van der Waals surface area contributed by atoms with Gasteiger partial charge in [0.2, 0.25) is 0 Å². The lowest BCUT2D eigenvalue weighted by Gasteiger charge is -2.11. The zero-order valence-corrected chi connectivity index (χ0v) is 13.1. The third-order valence-corrected chi connectivity index (χ3v) is 3.77. The number of halogens is 3. The van der Waals surface area contributed by atoms with Crippen LogP contribution in [0.2, 0.25) is 10.0 Å². The summed E-state index contributed by atoms with van der Waals surface area (Å²) in [6, 6.07) is 9.52. The van der Waals surface area contributed by atoms with Crippen LogP contribution in [0.3, 0.4) is 0 Å². The normalized spacial score (nSPS) is 10.3. The van der Waals surface area contributed by atoms with Gasteiger partial charge in [-0.25, -0.2) is 0 Å². The fourth-order valence-electron chi connectivity index (χ4n) is 1.54. The Morgan fingerprint density at radius 1 is 1.20 bits per heavy atom. The predicted octanol–water partition coefficient (Wildman–Crippen LogP) is 3.70. The molecule has 0 N–H and O–H groups in total. The molecule has 3 nitrogen and oxygen atoms in total. The number of aromatic carboxylic acids is 1. The molecule has 0 heterocycles. The Balaban J connectivity index is 2.13. The molecule has 0 aliphatic carbocycles. The number of hydrogen-bond donors (Lipinski definition) is 0. The summed E-state index contributed by atoms with van der Waals surface area (Å²) >= 11 is 15.1. The number of carbonyl (C=O) groups is 1. The molecule has 0 aromatic heterocycles. The van der Waals surface area contributed by atoms with Crippen LogP contribution in [-0.4, -0.2) is 5.97 Å². The molecule has 0 aliphatic rings. The lowest BCUT2D eigenvalue weighted by Crippen LogP contribution is -2.22. The molecule has 20 heavy (non-hydrogen) atoms. The molecular formula is C14H8BrCl2O3-. The van der Waals surface area contributed by atoms with E-state index in [1.165, 1.54) is 12.1 Å². The second-order valence-electron chi connectivity index (χ2n) is 3.96. The molecular weight excluding hydrogens is 367 g/mol. The van der Waals surface area contributed by atoms with Gasteiger partial charge in [0.05, 0.1) is 10.4 Å². The number of carbonyl (C=O) groups excluding carboxylic acids is 1. The van der Waals surface area contributed by atoms with Crippen molar-refractivity contribution in [3.8, 4) is 5.75 Å². The highest BCUT2D eigenvalue weighted by atomic mass is 79.9. The number of rotatable bonds is 4. The average molecular weight is 375 g/mol. The van der Waals surface area contributed by atoms with E-state index in [1.807, 2.05) is 0 Å². The molecule has 0 aliphatic heterocycles. The van der Waals surface area contributed by atoms with E-state index in [-0.39, 0.29) is 12.2 Å². The fourth-order valence-corrected chi connectivity index (χ4v) is 2.50. The minimum Gasteiger partial charge on any atom is -0.545 e. The maximum absolute atomic E-state index is 10.7. The molecule has 6 heteroatoms. The van der Waals surface area contributed by atoms with Gasteiger partial charge in [0.1, 0.15) is 12.4 Å². The summed E-state index contributed by atoms with van der Waals surface area (Å²) in [4.78, 5) is 10.7. The van der Waals surface area contributed by atoms with Gasteiger partial charge in [0, 0.05) is 15.6 Å². The molecule has 2 aromatic carbocycles. The van der Waals surface area contributed by atoms with Crippen molar-refractivity contribution in [3.63, 3.8) is 0 Å². The second kappa shape index (κ2) is 6.48. The van der Waals surface area contributed by atoms with E-state index in [4.69, 9.17) is 27.9 Å². The monoisotopic (exact) mass is 373 g/mol. The van der Waals surface area contributed by atoms with Gasteiger partial charge in [-0.05, 0) is 51.8 Å². The van der Waals surface area contributed by atoms with Crippen LogP contribution in [0.5, 0.6) is 5.75 Å². The third-order valence-electron chi connectivity index (χ3n) is 2.57. The lowest BCUT2D eigenvalue weighted by atomic mass is 10.2. The van der Waals surface area contributed by atoms with Crippen LogP contribution in [0.4, 0.5) is 0 Å². The van der Waals surface area contributed by atoms with E-state index in [0.29, 0.717) is 20.3 Å². The van der Waals surface area contributed by atoms with Crippen molar-refractivity contribution in [2.45, 2.75) is 6.61 Å². The zero-order valence-electron chi connectivity index (χ0n) is 10.0. The van der Waals surface area contributed by atoms with Gasteiger partial charge in [-0.1, -0.05) is 29.3 Å². The van der Waals surface area contributed by atoms with E-state index >= 15 is 0 Å². The predicted molar refractivity (Wildman–Crippen MR) is 79.3 cm³/mol. The first kappa shape index (κ1) is 15.2. The molecule has 0 amide bonds. The van der Waals surface area contributed by atoms with Crippen LogP contribution in [-0.2, 0) is 6.61 Å². The summed E-state index contributed by atoms with van der Waals surface area (Å²) in [5.74, 6) is -0.723. The summed E-state index contributed by atoms with van der Waals surface area (Å²) in [6.07, 6.45) is 0. The standard InChI is InChI=1S/C14H9BrCl2O3/c15-11-5-8(14(18)19)2-4-13(11)20-7-9-1-3-10(16)6-12(9)17/h1-6H,7H2,(H,18,19)/p-1. The summed E-state index contributed by atoms with van der Waals surface area (Å²) in [6.45, 7) is 0.249. The van der Waals surface area contributed by atoms with Gasteiger partial charge < -0.3 is 14.6 Å². The molecule has 2 aromatic rings. The summed E-state index contributed by atoms with van der Waals surface area (Å²) in [5, 5.41) is 11.8. The molecule has 0 saturated carbocycles. The Labute approximate surface area is 134 Å². The Kier molecular flexibility index (Phi) is 4.91. The maximum atomic E-state index is 10.7. The highest BCUT2D eigenvalue weighted by Gasteiger charge is 2.06. The molecule has 0 saturated heterocycles. The van der Waals surface area contributed by atoms with Crippen LogP contribution < -0.4 is 9.84 Å². The van der Waals surface area contributed by atoms with Gasteiger partial charge in [-0.15, -0.1) is 0 Å². The number of benzene rings is 2. The molecule has 0 unspecified atom stereocenters. The van der Waals surface area contributed by atoms with Gasteiger partial charge in [0.25, 0.3) is 0 Å². The molecule has 0 spiro atoms. The third kappa shape index (κ3) is 3.66. The highest BCUT2D eigenvalue weighted by molar-refractivity contribution is 9.10. The van der Waals surface area contributed by atoms with E-state index in [9.17, 15) is 9.90 Å². The van der Waals surface area contributed by atoms with Crippen LogP contribution in [0.1, 0.15) is 15.9 Å². The van der Waals surface area contributed by atoms with Crippen molar-refractivity contribution in [1.29, 1.82) is 0 Å². The summed E-state index contributed by atoms with van der Waals surface area (Å²) in [5.41, 5.74) is 0.862. The fraction of sp³-hybridized carbons (Fsp3) is 0.0714. The maximum Gasteiger partial charge on any atom is 0.134 e. The van der Waals surface area contributed by atoms with E-state index in [0.717, 1.165) is 5.56 Å². The van der Waals surface area contributed by atoms with Gasteiger partial charge in [-0.2, -0.15) is 0 Å². The van der Waals surface area contributed by atoms with Crippen molar-refractivity contribution >= 4 is 45.1 Å². The van der Waals surface area contributed by atoms with Crippen molar-refractivity contribution in [2.24, 2.45) is 0 Å². The summed E-state index contributed by atoms with van der Waals surface area (Å²) in [7, 11) is 0. The Hall–Kier alpha value is -1.23. The summed E-state index contributed by atoms with van der Waals surface area (Å²) < 4.78 is 6.12. The topological polar surface area (TPSA) is 49.4 Å². The molecule has 2 rings (SSSR count). The SMILES string of the molecule is O=C([O-])c1ccc(OCc2ccc(Cl)cc2Cl)c(Br)c1. The van der Waals surface area contributed by atoms with Crippen molar-refractivity contribution in [2.75, 3.05) is 0 Å². The molecule has 0 radical (unpaired) electrons. The van der Waals surface area contributed by atoms with Gasteiger partial charge >= 0.3 is 0 Å². The van der Waals surface area contributed by atoms with Crippen molar-refractivity contribution in [3.05, 3.63) is 62.0 Å². The lowest BCUT2D eigenvalue weighted by molar-refractivity contribution is -0.255. The largest absolute Gasteiger partial charge is 0.545 e. The minimum atomic E-state index is -1.24. The highest BCUT2D eigenvalue weighted by Crippen LogP contribution is 2.28. The second-order valence-corrected chi connectivity index (χ2v) is 5.66. The van der Waals surface area contributed by atoms with Crippen LogP contribution >= 0.6 is 39.1 Å². The average Bonchev–Trinajstić information content (AvgIpc) is 2.38.